The van der Waals surface area contributed by atoms with Crippen LogP contribution in [0, 0.1) is 5.82 Å². The third-order valence-electron chi connectivity index (χ3n) is 4.49. The second kappa shape index (κ2) is 14.5. The van der Waals surface area contributed by atoms with Gasteiger partial charge < -0.3 is 25.0 Å². The van der Waals surface area contributed by atoms with Crippen LogP contribution in [0.5, 0.6) is 11.5 Å². The molecule has 0 aliphatic heterocycles. The third kappa shape index (κ3) is 9.71. The van der Waals surface area contributed by atoms with Gasteiger partial charge in [-0.25, -0.2) is 4.39 Å². The van der Waals surface area contributed by atoms with E-state index in [1.54, 1.807) is 33.3 Å². The van der Waals surface area contributed by atoms with Gasteiger partial charge in [0, 0.05) is 33.8 Å². The number of benzene rings is 2. The molecule has 0 radical (unpaired) electrons. The molecular weight excluding hydrogens is 526 g/mol. The minimum absolute atomic E-state index is 0. The standard InChI is InChI=1S/C23H31FN4O3.HI/c1-5-19(31-21-11-7-9-18(24)13-21)15-27-23(25-2)26-14-17-8-6-10-20(12-17)30-16-22(29)28(3)4;/h6-13,19H,5,14-16H2,1-4H3,(H2,25,26,27);1H. The van der Waals surface area contributed by atoms with E-state index in [0.29, 0.717) is 30.5 Å². The Bertz CT molecular complexity index is 880. The van der Waals surface area contributed by atoms with Crippen LogP contribution in [0.15, 0.2) is 53.5 Å². The topological polar surface area (TPSA) is 75.2 Å². The first-order valence-corrected chi connectivity index (χ1v) is 10.2. The number of amides is 1. The van der Waals surface area contributed by atoms with Crippen molar-refractivity contribution in [1.82, 2.24) is 15.5 Å². The summed E-state index contributed by atoms with van der Waals surface area (Å²) in [7, 11) is 5.07. The highest BCUT2D eigenvalue weighted by atomic mass is 127. The first-order chi connectivity index (χ1) is 14.9. The molecule has 0 bridgehead atoms. The number of aliphatic imine (C=N–C) groups is 1. The molecule has 32 heavy (non-hydrogen) atoms. The van der Waals surface area contributed by atoms with Crippen LogP contribution in [0.1, 0.15) is 18.9 Å². The van der Waals surface area contributed by atoms with Gasteiger partial charge in [0.2, 0.25) is 0 Å². The lowest BCUT2D eigenvalue weighted by atomic mass is 10.2. The lowest BCUT2D eigenvalue weighted by Crippen LogP contribution is -2.42. The van der Waals surface area contributed by atoms with Crippen LogP contribution in [-0.4, -0.2) is 57.2 Å². The largest absolute Gasteiger partial charge is 0.489 e. The average Bonchev–Trinajstić information content (AvgIpc) is 2.76. The highest BCUT2D eigenvalue weighted by Crippen LogP contribution is 2.15. The molecule has 9 heteroatoms. The van der Waals surface area contributed by atoms with Gasteiger partial charge in [0.15, 0.2) is 12.6 Å². The van der Waals surface area contributed by atoms with Crippen molar-refractivity contribution in [3.63, 3.8) is 0 Å². The summed E-state index contributed by atoms with van der Waals surface area (Å²) < 4.78 is 24.8. The van der Waals surface area contributed by atoms with E-state index in [4.69, 9.17) is 9.47 Å². The Kier molecular flexibility index (Phi) is 12.4. The zero-order valence-electron chi connectivity index (χ0n) is 18.9. The minimum atomic E-state index is -0.324. The Morgan fingerprint density at radius 1 is 1.12 bits per heavy atom. The van der Waals surface area contributed by atoms with Crippen molar-refractivity contribution in [1.29, 1.82) is 0 Å². The molecule has 0 aliphatic carbocycles. The Balaban J connectivity index is 0.00000512. The lowest BCUT2D eigenvalue weighted by Gasteiger charge is -2.20. The van der Waals surface area contributed by atoms with E-state index in [9.17, 15) is 9.18 Å². The number of nitrogens with zero attached hydrogens (tertiary/aromatic N) is 2. The van der Waals surface area contributed by atoms with Crippen LogP contribution < -0.4 is 20.1 Å². The molecule has 2 aromatic rings. The summed E-state index contributed by atoms with van der Waals surface area (Å²) in [5.74, 6) is 1.33. The van der Waals surface area contributed by atoms with E-state index >= 15 is 0 Å². The molecule has 0 saturated heterocycles. The average molecular weight is 558 g/mol. The maximum atomic E-state index is 13.4. The smallest absolute Gasteiger partial charge is 0.259 e. The number of likely N-dealkylation sites (N-methyl/N-ethyl adjacent to an activating group) is 1. The van der Waals surface area contributed by atoms with Crippen molar-refractivity contribution in [2.45, 2.75) is 26.0 Å². The fourth-order valence-electron chi connectivity index (χ4n) is 2.64. The minimum Gasteiger partial charge on any atom is -0.489 e. The SMILES string of the molecule is CCC(CNC(=NC)NCc1cccc(OCC(=O)N(C)C)c1)Oc1cccc(F)c1.I. The maximum Gasteiger partial charge on any atom is 0.259 e. The maximum absolute atomic E-state index is 13.4. The van der Waals surface area contributed by atoms with Gasteiger partial charge in [-0.2, -0.15) is 0 Å². The summed E-state index contributed by atoms with van der Waals surface area (Å²) in [6.45, 7) is 3.05. The quantitative estimate of drug-likeness (QED) is 0.266. The van der Waals surface area contributed by atoms with Crippen molar-refractivity contribution in [2.24, 2.45) is 4.99 Å². The van der Waals surface area contributed by atoms with Crippen LogP contribution in [0.3, 0.4) is 0 Å². The highest BCUT2D eigenvalue weighted by Gasteiger charge is 2.10. The van der Waals surface area contributed by atoms with Crippen LogP contribution >= 0.6 is 24.0 Å². The van der Waals surface area contributed by atoms with Crippen LogP contribution in [0.25, 0.3) is 0 Å². The summed E-state index contributed by atoms with van der Waals surface area (Å²) in [4.78, 5) is 17.4. The lowest BCUT2D eigenvalue weighted by molar-refractivity contribution is -0.130. The summed E-state index contributed by atoms with van der Waals surface area (Å²) in [6, 6.07) is 13.7. The number of ether oxygens (including phenoxy) is 2. The molecule has 0 saturated carbocycles. The first kappa shape index (κ1) is 27.5. The van der Waals surface area contributed by atoms with Crippen molar-refractivity contribution >= 4 is 35.8 Å². The number of rotatable bonds is 10. The number of carbonyl (C=O) groups excluding carboxylic acids is 1. The van der Waals surface area contributed by atoms with Gasteiger partial charge in [-0.15, -0.1) is 24.0 Å². The van der Waals surface area contributed by atoms with E-state index in [1.165, 1.54) is 17.0 Å². The Labute approximate surface area is 206 Å². The third-order valence-corrected chi connectivity index (χ3v) is 4.49. The predicted molar refractivity (Wildman–Crippen MR) is 135 cm³/mol. The van der Waals surface area contributed by atoms with E-state index in [0.717, 1.165) is 12.0 Å². The molecule has 0 heterocycles. The molecule has 1 unspecified atom stereocenters. The summed E-state index contributed by atoms with van der Waals surface area (Å²) >= 11 is 0. The number of hydrogen-bond acceptors (Lipinski definition) is 4. The van der Waals surface area contributed by atoms with Crippen LogP contribution in [0.4, 0.5) is 4.39 Å². The monoisotopic (exact) mass is 558 g/mol. The Hall–Kier alpha value is -2.56. The van der Waals surface area contributed by atoms with Gasteiger partial charge in [0.1, 0.15) is 23.4 Å². The number of halogens is 2. The molecule has 176 valence electrons. The molecule has 1 amide bonds. The van der Waals surface area contributed by atoms with Crippen molar-refractivity contribution < 1.29 is 18.7 Å². The first-order valence-electron chi connectivity index (χ1n) is 10.2. The van der Waals surface area contributed by atoms with Crippen molar-refractivity contribution in [2.75, 3.05) is 34.3 Å². The van der Waals surface area contributed by atoms with E-state index in [-0.39, 0.29) is 48.4 Å². The van der Waals surface area contributed by atoms with Gasteiger partial charge in [0.25, 0.3) is 5.91 Å². The number of carbonyl (C=O) groups is 1. The van der Waals surface area contributed by atoms with Crippen molar-refractivity contribution in [3.8, 4) is 11.5 Å². The fraction of sp³-hybridized carbons (Fsp3) is 0.391. The number of hydrogen-bond donors (Lipinski definition) is 2. The van der Waals surface area contributed by atoms with Gasteiger partial charge in [-0.05, 0) is 36.2 Å². The molecular formula is C23H32FIN4O3. The fourth-order valence-corrected chi connectivity index (χ4v) is 2.64. The zero-order chi connectivity index (χ0) is 22.6. The second-order valence-electron chi connectivity index (χ2n) is 7.14. The van der Waals surface area contributed by atoms with E-state index < -0.39 is 0 Å². The molecule has 2 rings (SSSR count). The summed E-state index contributed by atoms with van der Waals surface area (Å²) in [5.41, 5.74) is 0.987. The highest BCUT2D eigenvalue weighted by molar-refractivity contribution is 14.0. The van der Waals surface area contributed by atoms with E-state index in [2.05, 4.69) is 15.6 Å². The van der Waals surface area contributed by atoms with Gasteiger partial charge in [0.05, 0.1) is 6.54 Å². The van der Waals surface area contributed by atoms with Gasteiger partial charge in [-0.1, -0.05) is 25.1 Å². The van der Waals surface area contributed by atoms with Crippen LogP contribution in [0.2, 0.25) is 0 Å². The van der Waals surface area contributed by atoms with Crippen LogP contribution in [-0.2, 0) is 11.3 Å². The normalized spacial score (nSPS) is 11.7. The molecule has 0 fully saturated rings. The summed E-state index contributed by atoms with van der Waals surface area (Å²) in [5, 5.41) is 6.47. The van der Waals surface area contributed by atoms with Gasteiger partial charge in [-0.3, -0.25) is 9.79 Å². The number of guanidine groups is 1. The zero-order valence-corrected chi connectivity index (χ0v) is 21.3. The number of nitrogens with one attached hydrogen (secondary N) is 2. The molecule has 2 N–H and O–H groups in total. The summed E-state index contributed by atoms with van der Waals surface area (Å²) in [6.07, 6.45) is 0.622. The van der Waals surface area contributed by atoms with E-state index in [1.807, 2.05) is 31.2 Å². The molecule has 0 spiro atoms. The Morgan fingerprint density at radius 2 is 1.84 bits per heavy atom. The Morgan fingerprint density at radius 3 is 2.50 bits per heavy atom. The molecule has 7 nitrogen and oxygen atoms in total. The molecule has 2 aromatic carbocycles. The molecule has 1 atom stereocenters. The second-order valence-corrected chi connectivity index (χ2v) is 7.14. The van der Waals surface area contributed by atoms with Crippen molar-refractivity contribution in [3.05, 3.63) is 59.9 Å². The van der Waals surface area contributed by atoms with Gasteiger partial charge >= 0.3 is 0 Å². The molecule has 0 aliphatic rings. The molecule has 0 aromatic heterocycles. The predicted octanol–water partition coefficient (Wildman–Crippen LogP) is 3.43.